The van der Waals surface area contributed by atoms with E-state index in [1.165, 1.54) is 0 Å². The monoisotopic (exact) mass is 182 g/mol. The molecule has 0 aliphatic heterocycles. The zero-order valence-corrected chi connectivity index (χ0v) is 6.55. The third-order valence-corrected chi connectivity index (χ3v) is 1.33. The van der Waals surface area contributed by atoms with Gasteiger partial charge in [-0.25, -0.2) is 0 Å². The highest BCUT2D eigenvalue weighted by molar-refractivity contribution is 7.97. The predicted octanol–water partition coefficient (Wildman–Crippen LogP) is -1.38. The molecule has 0 aromatic carbocycles. The molecule has 0 aromatic rings. The van der Waals surface area contributed by atoms with Crippen LogP contribution in [0.3, 0.4) is 0 Å². The quantitative estimate of drug-likeness (QED) is 0.406. The van der Waals surface area contributed by atoms with E-state index in [2.05, 4.69) is 25.3 Å². The molecule has 2 atom stereocenters. The van der Waals surface area contributed by atoms with Gasteiger partial charge in [0.1, 0.15) is 0 Å². The van der Waals surface area contributed by atoms with Crippen LogP contribution in [0.2, 0.25) is 0 Å². The average Bonchev–Trinajstić information content (AvgIpc) is 1.84. The Hall–Kier alpha value is -0.0400. The summed E-state index contributed by atoms with van der Waals surface area (Å²) >= 11 is 6.38. The van der Waals surface area contributed by atoms with Crippen LogP contribution in [0.4, 0.5) is 0 Å². The maximum absolute atomic E-state index is 10.2. The summed E-state index contributed by atoms with van der Waals surface area (Å²) in [5.41, 5.74) is 0. The molecule has 0 aromatic heterocycles. The van der Waals surface area contributed by atoms with Crippen molar-refractivity contribution in [3.8, 4) is 0 Å². The molecule has 0 amide bonds. The van der Waals surface area contributed by atoms with Gasteiger partial charge in [0, 0.05) is 0 Å². The van der Waals surface area contributed by atoms with Crippen molar-refractivity contribution in [2.24, 2.45) is 0 Å². The van der Waals surface area contributed by atoms with Gasteiger partial charge >= 0.3 is 0 Å². The van der Waals surface area contributed by atoms with Crippen molar-refractivity contribution < 1.29 is 19.8 Å². The Labute approximate surface area is 68.1 Å². The van der Waals surface area contributed by atoms with Gasteiger partial charge in [-0.05, 0) is 0 Å². The van der Waals surface area contributed by atoms with Crippen LogP contribution in [0, 0.1) is 0 Å². The van der Waals surface area contributed by atoms with E-state index in [4.69, 9.17) is 10.2 Å². The molecule has 10 heavy (non-hydrogen) atoms. The number of carbonyl (C=O) groups excluding carboxylic acids is 2. The van der Waals surface area contributed by atoms with Crippen molar-refractivity contribution in [2.75, 3.05) is 0 Å². The van der Waals surface area contributed by atoms with Crippen LogP contribution in [-0.4, -0.2) is 32.7 Å². The topological polar surface area (TPSA) is 74.6 Å². The highest BCUT2D eigenvalue weighted by atomic mass is 32.1. The van der Waals surface area contributed by atoms with Crippen molar-refractivity contribution in [2.45, 2.75) is 12.2 Å². The molecule has 4 nitrogen and oxygen atoms in total. The number of hydrogen-bond donors (Lipinski definition) is 4. The second kappa shape index (κ2) is 3.97. The van der Waals surface area contributed by atoms with Gasteiger partial charge in [-0.2, -0.15) is 0 Å². The first-order chi connectivity index (χ1) is 4.46. The zero-order valence-electron chi connectivity index (χ0n) is 4.76. The first-order valence-electron chi connectivity index (χ1n) is 2.28. The molecule has 0 heterocycles. The van der Waals surface area contributed by atoms with Crippen LogP contribution in [-0.2, 0) is 9.59 Å². The maximum atomic E-state index is 10.2. The molecule has 0 aliphatic carbocycles. The van der Waals surface area contributed by atoms with E-state index in [-0.39, 0.29) is 0 Å². The minimum absolute atomic E-state index is 0.963. The van der Waals surface area contributed by atoms with Gasteiger partial charge in [0.2, 0.25) is 10.2 Å². The lowest BCUT2D eigenvalue weighted by molar-refractivity contribution is -0.133. The fourth-order valence-electron chi connectivity index (χ4n) is 0.270. The fraction of sp³-hybridized carbons (Fsp3) is 0.500. The Kier molecular flexibility index (Phi) is 3.95. The van der Waals surface area contributed by atoms with Crippen LogP contribution >= 0.6 is 25.3 Å². The first-order valence-corrected chi connectivity index (χ1v) is 3.18. The standard InChI is InChI=1S/C4H6O4S2/c5-1(3(7)9)2(6)4(8)10/h1-2,5-6H,(H,7,9)(H,8,10)/t1-,2-/m1/s1. The molecule has 0 radical (unpaired) electrons. The Morgan fingerprint density at radius 3 is 1.30 bits per heavy atom. The lowest BCUT2D eigenvalue weighted by atomic mass is 10.2. The Bertz CT molecular complexity index is 139. The summed E-state index contributed by atoms with van der Waals surface area (Å²) in [7, 11) is 0. The number of thiol groups is 2. The smallest absolute Gasteiger partial charge is 0.217 e. The number of aliphatic hydroxyl groups is 2. The summed E-state index contributed by atoms with van der Waals surface area (Å²) in [5, 5.41) is 15.3. The van der Waals surface area contributed by atoms with E-state index in [1.807, 2.05) is 0 Å². The number of aliphatic hydroxyl groups excluding tert-OH is 2. The summed E-state index contributed by atoms with van der Waals surface area (Å²) in [6.45, 7) is 0. The molecule has 0 fully saturated rings. The molecule has 0 aliphatic rings. The summed E-state index contributed by atoms with van der Waals surface area (Å²) in [6.07, 6.45) is -3.57. The molecular weight excluding hydrogens is 176 g/mol. The van der Waals surface area contributed by atoms with E-state index >= 15 is 0 Å². The van der Waals surface area contributed by atoms with E-state index in [0.29, 0.717) is 0 Å². The minimum Gasteiger partial charge on any atom is -0.381 e. The number of hydrogen-bond acceptors (Lipinski definition) is 4. The summed E-state index contributed by atoms with van der Waals surface area (Å²) in [6, 6.07) is 0. The van der Waals surface area contributed by atoms with Gasteiger partial charge in [-0.15, -0.1) is 25.3 Å². The lowest BCUT2D eigenvalue weighted by Crippen LogP contribution is -2.35. The lowest BCUT2D eigenvalue weighted by Gasteiger charge is -2.09. The van der Waals surface area contributed by atoms with Gasteiger partial charge in [0.05, 0.1) is 0 Å². The molecule has 0 spiro atoms. The zero-order chi connectivity index (χ0) is 8.31. The third-order valence-electron chi connectivity index (χ3n) is 0.805. The predicted molar refractivity (Wildman–Crippen MR) is 40.0 cm³/mol. The Balaban J connectivity index is 4.07. The molecular formula is C4H6O4S2. The second-order valence-electron chi connectivity index (χ2n) is 1.57. The molecule has 2 N–H and O–H groups in total. The first kappa shape index (κ1) is 9.96. The van der Waals surface area contributed by atoms with Crippen LogP contribution in [0.25, 0.3) is 0 Å². The summed E-state index contributed by atoms with van der Waals surface area (Å²) in [5.74, 6) is 0. The summed E-state index contributed by atoms with van der Waals surface area (Å²) in [4.78, 5) is 20.3. The largest absolute Gasteiger partial charge is 0.381 e. The maximum Gasteiger partial charge on any atom is 0.217 e. The second-order valence-corrected chi connectivity index (χ2v) is 2.45. The molecule has 6 heteroatoms. The van der Waals surface area contributed by atoms with Gasteiger partial charge in [-0.1, -0.05) is 0 Å². The van der Waals surface area contributed by atoms with Crippen LogP contribution in [0.1, 0.15) is 0 Å². The Morgan fingerprint density at radius 1 is 1.00 bits per heavy atom. The fourth-order valence-corrected chi connectivity index (χ4v) is 0.553. The van der Waals surface area contributed by atoms with Crippen molar-refractivity contribution in [3.63, 3.8) is 0 Å². The van der Waals surface area contributed by atoms with Gasteiger partial charge in [0.25, 0.3) is 0 Å². The van der Waals surface area contributed by atoms with E-state index in [0.717, 1.165) is 0 Å². The SMILES string of the molecule is O=C(S)[C@H](O)[C@@H](O)C(=O)S. The molecule has 0 saturated heterocycles. The molecule has 0 rings (SSSR count). The van der Waals surface area contributed by atoms with Crippen LogP contribution in [0.5, 0.6) is 0 Å². The van der Waals surface area contributed by atoms with Crippen molar-refractivity contribution in [1.29, 1.82) is 0 Å². The molecule has 0 bridgehead atoms. The van der Waals surface area contributed by atoms with E-state index in [9.17, 15) is 9.59 Å². The number of carbonyl (C=O) groups is 2. The highest BCUT2D eigenvalue weighted by Gasteiger charge is 2.25. The van der Waals surface area contributed by atoms with E-state index in [1.54, 1.807) is 0 Å². The number of rotatable bonds is 3. The van der Waals surface area contributed by atoms with Crippen molar-refractivity contribution in [3.05, 3.63) is 0 Å². The van der Waals surface area contributed by atoms with Gasteiger partial charge in [-0.3, -0.25) is 9.59 Å². The van der Waals surface area contributed by atoms with Crippen molar-refractivity contribution >= 4 is 35.5 Å². The van der Waals surface area contributed by atoms with Crippen LogP contribution in [0.15, 0.2) is 0 Å². The molecule has 0 saturated carbocycles. The Morgan fingerprint density at radius 2 is 1.20 bits per heavy atom. The summed E-state index contributed by atoms with van der Waals surface area (Å²) < 4.78 is 0. The minimum atomic E-state index is -1.78. The average molecular weight is 182 g/mol. The normalized spacial score (nSPS) is 16.0. The van der Waals surface area contributed by atoms with Gasteiger partial charge < -0.3 is 10.2 Å². The van der Waals surface area contributed by atoms with E-state index < -0.39 is 22.4 Å². The van der Waals surface area contributed by atoms with Gasteiger partial charge in [0.15, 0.2) is 12.2 Å². The molecule has 58 valence electrons. The third kappa shape index (κ3) is 2.70. The molecule has 0 unspecified atom stereocenters. The van der Waals surface area contributed by atoms with Crippen LogP contribution < -0.4 is 0 Å². The highest BCUT2D eigenvalue weighted by Crippen LogP contribution is 2.00. The van der Waals surface area contributed by atoms with Crippen molar-refractivity contribution in [1.82, 2.24) is 0 Å².